The first-order valence-corrected chi connectivity index (χ1v) is 7.97. The van der Waals surface area contributed by atoms with Gasteiger partial charge in [0.05, 0.1) is 17.5 Å². The molecule has 4 rings (SSSR count). The third-order valence-electron chi connectivity index (χ3n) is 4.14. The molecule has 2 N–H and O–H groups in total. The lowest BCUT2D eigenvalue weighted by Crippen LogP contribution is -2.31. The molecule has 1 unspecified atom stereocenters. The lowest BCUT2D eigenvalue weighted by atomic mass is 9.95. The number of rotatable bonds is 3. The number of pyridine rings is 1. The van der Waals surface area contributed by atoms with Gasteiger partial charge in [-0.2, -0.15) is 10.1 Å². The van der Waals surface area contributed by atoms with Gasteiger partial charge in [-0.05, 0) is 36.8 Å². The van der Waals surface area contributed by atoms with Crippen molar-refractivity contribution in [3.8, 4) is 0 Å². The van der Waals surface area contributed by atoms with Crippen molar-refractivity contribution in [3.05, 3.63) is 77.8 Å². The number of hydrogen-bond donors (Lipinski definition) is 2. The van der Waals surface area contributed by atoms with Crippen LogP contribution >= 0.6 is 0 Å². The molecule has 1 aliphatic heterocycles. The summed E-state index contributed by atoms with van der Waals surface area (Å²) in [5.74, 6) is -0.114. The Morgan fingerprint density at radius 3 is 2.81 bits per heavy atom. The smallest absolute Gasteiger partial charge is 0.255 e. The number of allylic oxidation sites excluding steroid dienone is 1. The van der Waals surface area contributed by atoms with Crippen LogP contribution in [0.4, 0.5) is 16.0 Å². The van der Waals surface area contributed by atoms with Crippen LogP contribution in [0.25, 0.3) is 0 Å². The molecular weight excluding hydrogens is 335 g/mol. The van der Waals surface area contributed by atoms with Crippen molar-refractivity contribution in [2.24, 2.45) is 0 Å². The Hall–Kier alpha value is -3.55. The molecule has 26 heavy (non-hydrogen) atoms. The Labute approximate surface area is 148 Å². The predicted octanol–water partition coefficient (Wildman–Crippen LogP) is 2.74. The number of carbonyl (C=O) groups excluding carboxylic acids is 1. The normalized spacial score (nSPS) is 16.0. The van der Waals surface area contributed by atoms with Gasteiger partial charge in [-0.15, -0.1) is 0 Å². The van der Waals surface area contributed by atoms with E-state index in [1.165, 1.54) is 18.5 Å². The van der Waals surface area contributed by atoms with E-state index < -0.39 is 6.04 Å². The van der Waals surface area contributed by atoms with E-state index in [4.69, 9.17) is 0 Å². The van der Waals surface area contributed by atoms with Crippen LogP contribution in [0.1, 0.15) is 18.5 Å². The number of halogens is 1. The molecule has 2 aromatic heterocycles. The Balaban J connectivity index is 1.77. The third-order valence-corrected chi connectivity index (χ3v) is 4.14. The number of benzene rings is 1. The van der Waals surface area contributed by atoms with Crippen LogP contribution in [0.15, 0.2) is 66.4 Å². The lowest BCUT2D eigenvalue weighted by Gasteiger charge is -2.28. The molecule has 0 saturated heterocycles. The fourth-order valence-electron chi connectivity index (χ4n) is 2.97. The first kappa shape index (κ1) is 15.9. The molecule has 130 valence electrons. The van der Waals surface area contributed by atoms with Gasteiger partial charge in [0.2, 0.25) is 5.95 Å². The second-order valence-corrected chi connectivity index (χ2v) is 5.84. The van der Waals surface area contributed by atoms with Gasteiger partial charge < -0.3 is 10.6 Å². The summed E-state index contributed by atoms with van der Waals surface area (Å²) >= 11 is 0. The Morgan fingerprint density at radius 2 is 2.08 bits per heavy atom. The van der Waals surface area contributed by atoms with E-state index in [0.717, 1.165) is 5.56 Å². The summed E-state index contributed by atoms with van der Waals surface area (Å²) in [6.07, 6.45) is 4.61. The molecule has 8 heteroatoms. The van der Waals surface area contributed by atoms with Crippen LogP contribution in [-0.4, -0.2) is 25.7 Å². The Kier molecular flexibility index (Phi) is 3.92. The Bertz CT molecular complexity index is 980. The second-order valence-electron chi connectivity index (χ2n) is 5.84. The van der Waals surface area contributed by atoms with Crippen LogP contribution < -0.4 is 10.6 Å². The topological polar surface area (TPSA) is 84.7 Å². The molecule has 0 fully saturated rings. The minimum Gasteiger partial charge on any atom is -0.328 e. The standard InChI is InChI=1S/C18H15FN6O/c1-11-15(17(26)24-14-3-2-8-20-9-14)16(12-4-6-13(19)7-5-12)25-18(23-11)21-10-22-25/h2-10,16H,1H3,(H,24,26)(H,21,22,23). The summed E-state index contributed by atoms with van der Waals surface area (Å²) in [5.41, 5.74) is 2.44. The van der Waals surface area contributed by atoms with Crippen molar-refractivity contribution in [1.82, 2.24) is 19.7 Å². The van der Waals surface area contributed by atoms with Crippen molar-refractivity contribution in [1.29, 1.82) is 0 Å². The van der Waals surface area contributed by atoms with E-state index in [0.29, 0.717) is 22.9 Å². The largest absolute Gasteiger partial charge is 0.328 e. The summed E-state index contributed by atoms with van der Waals surface area (Å²) in [6.45, 7) is 1.80. The van der Waals surface area contributed by atoms with Gasteiger partial charge in [-0.3, -0.25) is 9.78 Å². The number of amides is 1. The zero-order chi connectivity index (χ0) is 18.1. The fraction of sp³-hybridized carbons (Fsp3) is 0.111. The highest BCUT2D eigenvalue weighted by Gasteiger charge is 2.33. The fourth-order valence-corrected chi connectivity index (χ4v) is 2.97. The predicted molar refractivity (Wildman–Crippen MR) is 93.8 cm³/mol. The second kappa shape index (κ2) is 6.40. The van der Waals surface area contributed by atoms with E-state index in [1.54, 1.807) is 48.3 Å². The Morgan fingerprint density at radius 1 is 1.27 bits per heavy atom. The molecule has 0 radical (unpaired) electrons. The van der Waals surface area contributed by atoms with Crippen molar-refractivity contribution in [2.45, 2.75) is 13.0 Å². The maximum atomic E-state index is 13.4. The minimum atomic E-state index is -0.522. The first-order valence-electron chi connectivity index (χ1n) is 7.97. The van der Waals surface area contributed by atoms with Crippen LogP contribution in [0.5, 0.6) is 0 Å². The average molecular weight is 350 g/mol. The van der Waals surface area contributed by atoms with Crippen molar-refractivity contribution >= 4 is 17.5 Å². The number of carbonyl (C=O) groups is 1. The molecule has 1 aliphatic rings. The molecular formula is C18H15FN6O. The molecule has 7 nitrogen and oxygen atoms in total. The number of fused-ring (bicyclic) bond motifs is 1. The highest BCUT2D eigenvalue weighted by Crippen LogP contribution is 2.35. The monoisotopic (exact) mass is 350 g/mol. The SMILES string of the molecule is CC1=C(C(=O)Nc2cccnc2)C(c2ccc(F)cc2)n2ncnc2N1. The molecule has 1 atom stereocenters. The highest BCUT2D eigenvalue weighted by atomic mass is 19.1. The molecule has 0 bridgehead atoms. The maximum Gasteiger partial charge on any atom is 0.255 e. The van der Waals surface area contributed by atoms with Crippen molar-refractivity contribution in [3.63, 3.8) is 0 Å². The van der Waals surface area contributed by atoms with Crippen molar-refractivity contribution < 1.29 is 9.18 Å². The zero-order valence-electron chi connectivity index (χ0n) is 13.8. The van der Waals surface area contributed by atoms with Gasteiger partial charge >= 0.3 is 0 Å². The number of aromatic nitrogens is 4. The van der Waals surface area contributed by atoms with Gasteiger partial charge in [-0.25, -0.2) is 9.07 Å². The quantitative estimate of drug-likeness (QED) is 0.759. The molecule has 0 saturated carbocycles. The van der Waals surface area contributed by atoms with Gasteiger partial charge in [0.15, 0.2) is 0 Å². The zero-order valence-corrected chi connectivity index (χ0v) is 13.8. The van der Waals surface area contributed by atoms with E-state index in [1.807, 2.05) is 0 Å². The third kappa shape index (κ3) is 2.81. The number of hydrogen-bond acceptors (Lipinski definition) is 5. The molecule has 1 aromatic carbocycles. The molecule has 1 amide bonds. The lowest BCUT2D eigenvalue weighted by molar-refractivity contribution is -0.113. The average Bonchev–Trinajstić information content (AvgIpc) is 3.10. The number of anilines is 2. The van der Waals surface area contributed by atoms with Gasteiger partial charge in [0, 0.05) is 11.9 Å². The van der Waals surface area contributed by atoms with Crippen LogP contribution in [0.2, 0.25) is 0 Å². The van der Waals surface area contributed by atoms with Gasteiger partial charge in [-0.1, -0.05) is 12.1 Å². The number of nitrogens with zero attached hydrogens (tertiary/aromatic N) is 4. The highest BCUT2D eigenvalue weighted by molar-refractivity contribution is 6.05. The summed E-state index contributed by atoms with van der Waals surface area (Å²) in [7, 11) is 0. The summed E-state index contributed by atoms with van der Waals surface area (Å²) in [4.78, 5) is 21.2. The minimum absolute atomic E-state index is 0.293. The van der Waals surface area contributed by atoms with E-state index in [-0.39, 0.29) is 11.7 Å². The van der Waals surface area contributed by atoms with Crippen LogP contribution in [0.3, 0.4) is 0 Å². The van der Waals surface area contributed by atoms with Crippen LogP contribution in [-0.2, 0) is 4.79 Å². The van der Waals surface area contributed by atoms with Gasteiger partial charge in [0.1, 0.15) is 18.2 Å². The van der Waals surface area contributed by atoms with Gasteiger partial charge in [0.25, 0.3) is 5.91 Å². The maximum absolute atomic E-state index is 13.4. The summed E-state index contributed by atoms with van der Waals surface area (Å²) < 4.78 is 15.0. The number of nitrogens with one attached hydrogen (secondary N) is 2. The molecule has 3 heterocycles. The molecule has 0 aliphatic carbocycles. The van der Waals surface area contributed by atoms with Crippen molar-refractivity contribution in [2.75, 3.05) is 10.6 Å². The summed E-state index contributed by atoms with van der Waals surface area (Å²) in [6, 6.07) is 8.97. The molecule has 3 aromatic rings. The summed E-state index contributed by atoms with van der Waals surface area (Å²) in [5, 5.41) is 10.2. The van der Waals surface area contributed by atoms with E-state index >= 15 is 0 Å². The van der Waals surface area contributed by atoms with E-state index in [2.05, 4.69) is 25.7 Å². The van der Waals surface area contributed by atoms with Crippen LogP contribution in [0, 0.1) is 5.82 Å². The molecule has 0 spiro atoms. The van der Waals surface area contributed by atoms with E-state index in [9.17, 15) is 9.18 Å². The first-order chi connectivity index (χ1) is 12.6.